The average Bonchev–Trinajstić information content (AvgIpc) is 3.76. The second-order valence-electron chi connectivity index (χ2n) is 10.9. The number of carbonyl (C=O) groups is 1. The van der Waals surface area contributed by atoms with Crippen LogP contribution in [-0.4, -0.2) is 60.9 Å². The lowest BCUT2D eigenvalue weighted by molar-refractivity contribution is -0.265. The van der Waals surface area contributed by atoms with Gasteiger partial charge in [-0.25, -0.2) is 9.37 Å². The highest BCUT2D eigenvalue weighted by Gasteiger charge is 2.56. The molecule has 42 heavy (non-hydrogen) atoms. The van der Waals surface area contributed by atoms with E-state index in [9.17, 15) is 27.5 Å². The van der Waals surface area contributed by atoms with Crippen LogP contribution in [0.25, 0.3) is 11.3 Å². The average molecular weight is 610 g/mol. The molecular weight excluding hydrogens is 578 g/mol. The Balaban J connectivity index is 1.73. The van der Waals surface area contributed by atoms with Crippen molar-refractivity contribution < 1.29 is 36.9 Å². The van der Waals surface area contributed by atoms with Gasteiger partial charge in [0.1, 0.15) is 5.82 Å². The summed E-state index contributed by atoms with van der Waals surface area (Å²) in [6.45, 7) is 2.33. The normalized spacial score (nSPS) is 15.3. The van der Waals surface area contributed by atoms with Crippen LogP contribution >= 0.6 is 11.6 Å². The highest BCUT2D eigenvalue weighted by atomic mass is 35.5. The Morgan fingerprint density at radius 1 is 1.10 bits per heavy atom. The van der Waals surface area contributed by atoms with E-state index in [-0.39, 0.29) is 33.7 Å². The molecule has 2 N–H and O–H groups in total. The molecule has 1 aliphatic rings. The minimum absolute atomic E-state index is 0.0108. The highest BCUT2D eigenvalue weighted by molar-refractivity contribution is 6.31. The predicted molar refractivity (Wildman–Crippen MR) is 150 cm³/mol. The summed E-state index contributed by atoms with van der Waals surface area (Å²) in [7, 11) is 4.89. The molecule has 0 spiro atoms. The number of halogens is 5. The summed E-state index contributed by atoms with van der Waals surface area (Å²) < 4.78 is 68.7. The highest BCUT2D eigenvalue weighted by Crippen LogP contribution is 2.41. The molecule has 1 atom stereocenters. The van der Waals surface area contributed by atoms with Crippen LogP contribution in [0, 0.1) is 5.82 Å². The molecule has 1 aliphatic carbocycles. The van der Waals surface area contributed by atoms with Gasteiger partial charge in [0.05, 0.1) is 36.2 Å². The summed E-state index contributed by atoms with van der Waals surface area (Å²) in [5, 5.41) is 13.2. The maximum Gasteiger partial charge on any atom is 0.424 e. The Bertz CT molecular complexity index is 1480. The minimum Gasteiger partial charge on any atom is -0.493 e. The summed E-state index contributed by atoms with van der Waals surface area (Å²) in [6, 6.07) is 10.6. The van der Waals surface area contributed by atoms with E-state index in [2.05, 4.69) is 10.3 Å². The lowest BCUT2D eigenvalue weighted by Crippen LogP contribution is -2.51. The Kier molecular flexibility index (Phi) is 8.78. The van der Waals surface area contributed by atoms with Crippen molar-refractivity contribution in [3.8, 4) is 22.8 Å². The fraction of sp³-hybridized carbons (Fsp3) is 0.400. The van der Waals surface area contributed by atoms with Gasteiger partial charge >= 0.3 is 6.18 Å². The van der Waals surface area contributed by atoms with Crippen LogP contribution in [0.15, 0.2) is 48.5 Å². The van der Waals surface area contributed by atoms with E-state index < -0.39 is 41.3 Å². The van der Waals surface area contributed by atoms with Crippen molar-refractivity contribution in [1.29, 1.82) is 0 Å². The molecule has 0 aliphatic heterocycles. The summed E-state index contributed by atoms with van der Waals surface area (Å²) >= 11 is 5.94. The van der Waals surface area contributed by atoms with Crippen molar-refractivity contribution in [3.63, 3.8) is 0 Å². The molecule has 0 radical (unpaired) electrons. The number of aromatic nitrogens is 1. The Hall–Kier alpha value is -3.41. The minimum atomic E-state index is -5.24. The Morgan fingerprint density at radius 2 is 1.79 bits per heavy atom. The van der Waals surface area contributed by atoms with Crippen molar-refractivity contribution in [2.45, 2.75) is 50.1 Å². The number of aliphatic hydroxyl groups is 1. The standard InChI is InChI=1S/C30H32ClF4N3O4/c1-28(2,38(3)4)19-14-23(17-6-10-22(32)21(31)12-17)37-26(15-19)29(40,30(33,34)35)16-36-27(39)18-7-11-24(25(13-18)41-5)42-20-8-9-20/h6-7,10-15,20,40H,8-9,16H2,1-5H3,(H,36,39). The SMILES string of the molecule is COc1cc(C(=O)NCC(O)(c2cc(C(C)(C)N(C)C)cc(-c3ccc(F)c(Cl)c3)n2)C(F)(F)F)ccc1OC1CC1. The zero-order valence-electron chi connectivity index (χ0n) is 23.8. The first-order chi connectivity index (χ1) is 19.6. The molecule has 4 rings (SSSR count). The van der Waals surface area contributed by atoms with E-state index in [1.807, 2.05) is 0 Å². The number of amides is 1. The van der Waals surface area contributed by atoms with Gasteiger partial charge in [-0.2, -0.15) is 13.2 Å². The number of ether oxygens (including phenoxy) is 2. The van der Waals surface area contributed by atoms with Gasteiger partial charge in [-0.05, 0) is 94.9 Å². The van der Waals surface area contributed by atoms with Gasteiger partial charge in [-0.3, -0.25) is 4.79 Å². The molecule has 1 unspecified atom stereocenters. The largest absolute Gasteiger partial charge is 0.493 e. The molecule has 7 nitrogen and oxygen atoms in total. The van der Waals surface area contributed by atoms with E-state index in [0.717, 1.165) is 25.0 Å². The van der Waals surface area contributed by atoms with E-state index in [1.165, 1.54) is 37.4 Å². The summed E-state index contributed by atoms with van der Waals surface area (Å²) in [6.07, 6.45) is -3.38. The number of methoxy groups -OCH3 is 1. The van der Waals surface area contributed by atoms with Crippen molar-refractivity contribution in [2.24, 2.45) is 0 Å². The molecular formula is C30H32ClF4N3O4. The van der Waals surface area contributed by atoms with Gasteiger partial charge in [0.2, 0.25) is 5.60 Å². The van der Waals surface area contributed by atoms with Crippen molar-refractivity contribution in [1.82, 2.24) is 15.2 Å². The van der Waals surface area contributed by atoms with Crippen LogP contribution in [0.3, 0.4) is 0 Å². The van der Waals surface area contributed by atoms with Gasteiger partial charge < -0.3 is 24.8 Å². The molecule has 1 aromatic heterocycles. The molecule has 1 saturated carbocycles. The molecule has 1 fully saturated rings. The topological polar surface area (TPSA) is 83.9 Å². The van der Waals surface area contributed by atoms with Gasteiger partial charge in [-0.15, -0.1) is 0 Å². The number of hydrogen-bond donors (Lipinski definition) is 2. The van der Waals surface area contributed by atoms with E-state index in [4.69, 9.17) is 21.1 Å². The van der Waals surface area contributed by atoms with Crippen LogP contribution in [0.5, 0.6) is 11.5 Å². The van der Waals surface area contributed by atoms with Gasteiger partial charge in [0, 0.05) is 16.7 Å². The Morgan fingerprint density at radius 3 is 2.36 bits per heavy atom. The number of nitrogens with zero attached hydrogens (tertiary/aromatic N) is 2. The maximum atomic E-state index is 14.6. The third kappa shape index (κ3) is 6.48. The summed E-state index contributed by atoms with van der Waals surface area (Å²) in [4.78, 5) is 18.9. The van der Waals surface area contributed by atoms with Crippen molar-refractivity contribution >= 4 is 17.5 Å². The summed E-state index contributed by atoms with van der Waals surface area (Å²) in [5.74, 6) is -0.905. The number of nitrogens with one attached hydrogen (secondary N) is 1. The zero-order chi connectivity index (χ0) is 31.0. The zero-order valence-corrected chi connectivity index (χ0v) is 24.5. The van der Waals surface area contributed by atoms with E-state index in [0.29, 0.717) is 11.3 Å². The van der Waals surface area contributed by atoms with Crippen LogP contribution < -0.4 is 14.8 Å². The van der Waals surface area contributed by atoms with Crippen LogP contribution in [0.2, 0.25) is 5.02 Å². The number of hydrogen-bond acceptors (Lipinski definition) is 6. The first kappa shape index (κ1) is 31.5. The smallest absolute Gasteiger partial charge is 0.424 e. The van der Waals surface area contributed by atoms with Crippen molar-refractivity contribution in [3.05, 3.63) is 76.2 Å². The molecule has 0 bridgehead atoms. The number of benzene rings is 2. The fourth-order valence-electron chi connectivity index (χ4n) is 4.08. The number of carbonyl (C=O) groups excluding carboxylic acids is 1. The third-order valence-corrected chi connectivity index (χ3v) is 7.80. The quantitative estimate of drug-likeness (QED) is 0.272. The van der Waals surface area contributed by atoms with Crippen molar-refractivity contribution in [2.75, 3.05) is 27.7 Å². The lowest BCUT2D eigenvalue weighted by atomic mass is 9.88. The lowest BCUT2D eigenvalue weighted by Gasteiger charge is -2.36. The molecule has 1 amide bonds. The van der Waals surface area contributed by atoms with Crippen LogP contribution in [-0.2, 0) is 11.1 Å². The predicted octanol–water partition coefficient (Wildman–Crippen LogP) is 6.07. The first-order valence-corrected chi connectivity index (χ1v) is 13.5. The molecule has 0 saturated heterocycles. The molecule has 1 heterocycles. The van der Waals surface area contributed by atoms with Gasteiger partial charge in [0.15, 0.2) is 11.5 Å². The first-order valence-electron chi connectivity index (χ1n) is 13.1. The molecule has 2 aromatic carbocycles. The number of rotatable bonds is 10. The van der Waals surface area contributed by atoms with E-state index >= 15 is 0 Å². The number of alkyl halides is 3. The second-order valence-corrected chi connectivity index (χ2v) is 11.3. The molecule has 3 aromatic rings. The number of pyridine rings is 1. The van der Waals surface area contributed by atoms with Gasteiger partial charge in [-0.1, -0.05) is 11.6 Å². The monoisotopic (exact) mass is 609 g/mol. The maximum absolute atomic E-state index is 14.6. The Labute approximate surface area is 246 Å². The molecule has 12 heteroatoms. The second kappa shape index (κ2) is 11.7. The van der Waals surface area contributed by atoms with Gasteiger partial charge in [0.25, 0.3) is 5.91 Å². The third-order valence-electron chi connectivity index (χ3n) is 7.51. The fourth-order valence-corrected chi connectivity index (χ4v) is 4.26. The van der Waals surface area contributed by atoms with Crippen LogP contribution in [0.1, 0.15) is 48.3 Å². The summed E-state index contributed by atoms with van der Waals surface area (Å²) in [5.41, 5.74) is -4.47. The molecule has 226 valence electrons. The van der Waals surface area contributed by atoms with Crippen LogP contribution in [0.4, 0.5) is 17.6 Å². The van der Waals surface area contributed by atoms with E-state index in [1.54, 1.807) is 38.9 Å².